The zero-order valence-electron chi connectivity index (χ0n) is 29.6. The van der Waals surface area contributed by atoms with Gasteiger partial charge in [-0.2, -0.15) is 13.2 Å². The van der Waals surface area contributed by atoms with E-state index < -0.39 is 17.7 Å². The average Bonchev–Trinajstić information content (AvgIpc) is 3.29. The normalized spacial score (nSPS) is 20.8. The molecule has 9 nitrogen and oxygen atoms in total. The van der Waals surface area contributed by atoms with Gasteiger partial charge in [0, 0.05) is 57.9 Å². The van der Waals surface area contributed by atoms with Crippen LogP contribution in [-0.2, 0) is 28.6 Å². The molecule has 278 valence electrons. The fourth-order valence-electron chi connectivity index (χ4n) is 8.64. The van der Waals surface area contributed by atoms with E-state index in [9.17, 15) is 27.6 Å². The summed E-state index contributed by atoms with van der Waals surface area (Å²) in [4.78, 5) is 48.9. The number of fused-ring (bicyclic) bond motifs is 1. The highest BCUT2D eigenvalue weighted by Crippen LogP contribution is 2.40. The highest BCUT2D eigenvalue weighted by Gasteiger charge is 2.38. The maximum absolute atomic E-state index is 14.2. The quantitative estimate of drug-likeness (QED) is 0.319. The molecule has 2 aromatic carbocycles. The maximum Gasteiger partial charge on any atom is 0.418 e. The Morgan fingerprint density at radius 2 is 1.55 bits per heavy atom. The van der Waals surface area contributed by atoms with Crippen molar-refractivity contribution in [3.63, 3.8) is 0 Å². The predicted molar refractivity (Wildman–Crippen MR) is 193 cm³/mol. The first-order valence-corrected chi connectivity index (χ1v) is 18.8. The number of alkyl halides is 3. The topological polar surface area (TPSA) is 88.2 Å². The van der Waals surface area contributed by atoms with E-state index in [0.717, 1.165) is 62.5 Å². The second-order valence-electron chi connectivity index (χ2n) is 14.8. The summed E-state index contributed by atoms with van der Waals surface area (Å²) in [6, 6.07) is 10.1. The van der Waals surface area contributed by atoms with Gasteiger partial charge in [0.2, 0.25) is 11.8 Å². The standard InChI is InChI=1S/C38H50ClF3N6O3/c1-43-35-31(38(40,41)42)22-25(23-32(35)39)21-29(36(50)47-16-9-27(10-17-47)26-7-14-45(2)15-8-26)24-34(49)46-18-12-30(13-19-46)48-20-11-28-5-3-4-6-33(28)44-37(48)51/h3-6,22-23,26-27,29-30,43H,7-21,24H2,1-2H3,(H,44,51)/t29-/m0/s1. The number of benzene rings is 2. The summed E-state index contributed by atoms with van der Waals surface area (Å²) in [5.74, 6) is -0.0320. The zero-order chi connectivity index (χ0) is 36.3. The molecule has 4 aliphatic rings. The van der Waals surface area contributed by atoms with Crippen LogP contribution in [0.3, 0.4) is 0 Å². The molecule has 3 fully saturated rings. The first-order chi connectivity index (χ1) is 24.4. The van der Waals surface area contributed by atoms with E-state index >= 15 is 0 Å². The molecule has 0 bridgehead atoms. The Hall–Kier alpha value is -3.51. The van der Waals surface area contributed by atoms with E-state index in [4.69, 9.17) is 11.6 Å². The molecule has 3 saturated heterocycles. The third-order valence-corrected chi connectivity index (χ3v) is 11.9. The number of hydrogen-bond donors (Lipinski definition) is 2. The van der Waals surface area contributed by atoms with Crippen molar-refractivity contribution in [2.24, 2.45) is 17.8 Å². The van der Waals surface area contributed by atoms with E-state index in [1.165, 1.54) is 13.1 Å². The van der Waals surface area contributed by atoms with Crippen LogP contribution >= 0.6 is 11.6 Å². The number of urea groups is 1. The molecule has 2 N–H and O–H groups in total. The Balaban J connectivity index is 1.13. The number of hydrogen-bond acceptors (Lipinski definition) is 5. The third kappa shape index (κ3) is 8.76. The number of halogens is 4. The number of para-hydroxylation sites is 1. The number of carbonyl (C=O) groups is 3. The largest absolute Gasteiger partial charge is 0.418 e. The van der Waals surface area contributed by atoms with Crippen LogP contribution < -0.4 is 10.6 Å². The average molecular weight is 731 g/mol. The van der Waals surface area contributed by atoms with Gasteiger partial charge in [0.25, 0.3) is 0 Å². The summed E-state index contributed by atoms with van der Waals surface area (Å²) in [5.41, 5.74) is 1.07. The third-order valence-electron chi connectivity index (χ3n) is 11.6. The SMILES string of the molecule is CNc1c(Cl)cc(C[C@@H](CC(=O)N2CCC(N3CCc4ccccc4NC3=O)CC2)C(=O)N2CCC(C3CCN(C)CC3)CC2)cc1C(F)(F)F. The molecule has 0 aliphatic carbocycles. The summed E-state index contributed by atoms with van der Waals surface area (Å²) < 4.78 is 42.2. The van der Waals surface area contributed by atoms with Gasteiger partial charge < -0.3 is 30.2 Å². The lowest BCUT2D eigenvalue weighted by molar-refractivity contribution is -0.143. The molecule has 0 spiro atoms. The number of piperidine rings is 3. The van der Waals surface area contributed by atoms with Gasteiger partial charge in [0.05, 0.1) is 22.2 Å². The minimum Gasteiger partial charge on any atom is -0.386 e. The lowest BCUT2D eigenvalue weighted by atomic mass is 9.78. The Morgan fingerprint density at radius 3 is 2.20 bits per heavy atom. The molecule has 2 aromatic rings. The van der Waals surface area contributed by atoms with Crippen molar-refractivity contribution in [2.45, 2.75) is 70.0 Å². The summed E-state index contributed by atoms with van der Waals surface area (Å²) in [6.45, 7) is 4.79. The molecule has 6 rings (SSSR count). The van der Waals surface area contributed by atoms with Crippen LogP contribution in [0.5, 0.6) is 0 Å². The fraction of sp³-hybridized carbons (Fsp3) is 0.605. The Labute approximate surface area is 303 Å². The van der Waals surface area contributed by atoms with Gasteiger partial charge in [-0.05, 0) is 113 Å². The van der Waals surface area contributed by atoms with Gasteiger partial charge >= 0.3 is 12.2 Å². The van der Waals surface area contributed by atoms with Crippen molar-refractivity contribution >= 4 is 40.8 Å². The van der Waals surface area contributed by atoms with Gasteiger partial charge in [0.1, 0.15) is 0 Å². The van der Waals surface area contributed by atoms with Gasteiger partial charge in [-0.1, -0.05) is 29.8 Å². The van der Waals surface area contributed by atoms with Crippen LogP contribution in [0.2, 0.25) is 5.02 Å². The molecule has 0 aromatic heterocycles. The first kappa shape index (κ1) is 37.3. The summed E-state index contributed by atoms with van der Waals surface area (Å²) in [6.07, 6.45) is 1.26. The Morgan fingerprint density at radius 1 is 0.922 bits per heavy atom. The predicted octanol–water partition coefficient (Wildman–Crippen LogP) is 6.61. The van der Waals surface area contributed by atoms with Crippen molar-refractivity contribution in [1.29, 1.82) is 0 Å². The number of nitrogens with zero attached hydrogens (tertiary/aromatic N) is 4. The molecular formula is C38H50ClF3N6O3. The molecule has 4 amide bonds. The van der Waals surface area contributed by atoms with Crippen LogP contribution in [0.1, 0.15) is 61.6 Å². The number of anilines is 2. The monoisotopic (exact) mass is 730 g/mol. The summed E-state index contributed by atoms with van der Waals surface area (Å²) >= 11 is 6.33. The molecule has 13 heteroatoms. The summed E-state index contributed by atoms with van der Waals surface area (Å²) in [5, 5.41) is 5.49. The fourth-order valence-corrected chi connectivity index (χ4v) is 8.98. The van der Waals surface area contributed by atoms with Crippen molar-refractivity contribution < 1.29 is 27.6 Å². The zero-order valence-corrected chi connectivity index (χ0v) is 30.4. The number of carbonyl (C=O) groups excluding carboxylic acids is 3. The minimum atomic E-state index is -4.65. The first-order valence-electron chi connectivity index (χ1n) is 18.4. The van der Waals surface area contributed by atoms with Crippen LogP contribution in [-0.4, -0.2) is 103 Å². The van der Waals surface area contributed by atoms with Crippen LogP contribution in [0.25, 0.3) is 0 Å². The molecule has 4 heterocycles. The van der Waals surface area contributed by atoms with Crippen molar-refractivity contribution in [1.82, 2.24) is 19.6 Å². The van der Waals surface area contributed by atoms with Crippen LogP contribution in [0.4, 0.5) is 29.3 Å². The second-order valence-corrected chi connectivity index (χ2v) is 15.2. The van der Waals surface area contributed by atoms with E-state index in [2.05, 4.69) is 22.6 Å². The summed E-state index contributed by atoms with van der Waals surface area (Å²) in [7, 11) is 3.53. The Bertz CT molecular complexity index is 1570. The number of amides is 4. The van der Waals surface area contributed by atoms with Gasteiger partial charge in [-0.3, -0.25) is 9.59 Å². The Kier molecular flexibility index (Phi) is 11.7. The van der Waals surface area contributed by atoms with Crippen molar-refractivity contribution in [3.05, 3.63) is 58.1 Å². The highest BCUT2D eigenvalue weighted by atomic mass is 35.5. The van der Waals surface area contributed by atoms with Crippen molar-refractivity contribution in [3.8, 4) is 0 Å². The smallest absolute Gasteiger partial charge is 0.386 e. The molecule has 0 saturated carbocycles. The molecule has 0 unspecified atom stereocenters. The minimum absolute atomic E-state index is 0.0275. The van der Waals surface area contributed by atoms with E-state index in [-0.39, 0.29) is 53.0 Å². The highest BCUT2D eigenvalue weighted by molar-refractivity contribution is 6.33. The number of rotatable bonds is 8. The lowest BCUT2D eigenvalue weighted by Gasteiger charge is -2.40. The maximum atomic E-state index is 14.2. The molecule has 1 atom stereocenters. The van der Waals surface area contributed by atoms with Crippen LogP contribution in [0.15, 0.2) is 36.4 Å². The molecular weight excluding hydrogens is 681 g/mol. The second kappa shape index (κ2) is 16.0. The molecule has 51 heavy (non-hydrogen) atoms. The van der Waals surface area contributed by atoms with E-state index in [1.54, 1.807) is 4.90 Å². The number of nitrogens with one attached hydrogen (secondary N) is 2. The number of likely N-dealkylation sites (tertiary alicyclic amines) is 3. The van der Waals surface area contributed by atoms with Gasteiger partial charge in [-0.15, -0.1) is 0 Å². The molecule has 4 aliphatic heterocycles. The van der Waals surface area contributed by atoms with Crippen molar-refractivity contribution in [2.75, 3.05) is 70.5 Å². The van der Waals surface area contributed by atoms with Gasteiger partial charge in [-0.25, -0.2) is 4.79 Å². The van der Waals surface area contributed by atoms with E-state index in [1.807, 2.05) is 34.1 Å². The van der Waals surface area contributed by atoms with E-state index in [0.29, 0.717) is 57.4 Å². The van der Waals surface area contributed by atoms with Gasteiger partial charge in [0.15, 0.2) is 0 Å². The molecule has 0 radical (unpaired) electrons. The van der Waals surface area contributed by atoms with Crippen LogP contribution in [0, 0.1) is 17.8 Å². The lowest BCUT2D eigenvalue weighted by Crippen LogP contribution is -2.50.